The number of benzene rings is 2. The van der Waals surface area contributed by atoms with Crippen molar-refractivity contribution in [3.05, 3.63) is 72.6 Å². The zero-order valence-electron chi connectivity index (χ0n) is 20.9. The van der Waals surface area contributed by atoms with Crippen molar-refractivity contribution < 1.29 is 24.1 Å². The molecule has 1 aliphatic rings. The van der Waals surface area contributed by atoms with E-state index in [4.69, 9.17) is 14.2 Å². The van der Waals surface area contributed by atoms with Crippen LogP contribution in [0.2, 0.25) is 0 Å². The van der Waals surface area contributed by atoms with Crippen molar-refractivity contribution in [1.82, 2.24) is 19.6 Å². The first-order chi connectivity index (χ1) is 17.4. The Morgan fingerprint density at radius 2 is 1.89 bits per heavy atom. The standard InChI is InChI=1S/C27H34N4O5/c1-22(32)30-14-13-29(19-27(33,20-30)21-36-24-7-4-3-5-8-24)18-23-9-10-25(34-2)26(17-23)35-16-15-31-12-6-11-28-31/h3-12,17,33H,13-16,18-21H2,1-2H3/t27-/m1/s1. The first-order valence-corrected chi connectivity index (χ1v) is 12.1. The fourth-order valence-electron chi connectivity index (χ4n) is 4.34. The van der Waals surface area contributed by atoms with Crippen molar-refractivity contribution in [3.63, 3.8) is 0 Å². The molecule has 3 aromatic rings. The lowest BCUT2D eigenvalue weighted by Crippen LogP contribution is -2.51. The fourth-order valence-corrected chi connectivity index (χ4v) is 4.34. The summed E-state index contributed by atoms with van der Waals surface area (Å²) in [5.74, 6) is 1.94. The Morgan fingerprint density at radius 3 is 2.61 bits per heavy atom. The lowest BCUT2D eigenvalue weighted by molar-refractivity contribution is -0.132. The maximum atomic E-state index is 12.2. The number of para-hydroxylation sites is 1. The smallest absolute Gasteiger partial charge is 0.219 e. The van der Waals surface area contributed by atoms with Gasteiger partial charge in [0.1, 0.15) is 24.6 Å². The lowest BCUT2D eigenvalue weighted by atomic mass is 10.0. The molecule has 2 aromatic carbocycles. The van der Waals surface area contributed by atoms with E-state index in [0.29, 0.717) is 56.6 Å². The van der Waals surface area contributed by atoms with Crippen molar-refractivity contribution in [2.24, 2.45) is 0 Å². The van der Waals surface area contributed by atoms with Gasteiger partial charge in [0.2, 0.25) is 5.91 Å². The number of carbonyl (C=O) groups excluding carboxylic acids is 1. The zero-order valence-corrected chi connectivity index (χ0v) is 20.9. The Bertz CT molecular complexity index is 1110. The van der Waals surface area contributed by atoms with Crippen LogP contribution in [0.1, 0.15) is 12.5 Å². The van der Waals surface area contributed by atoms with Crippen LogP contribution in [0.5, 0.6) is 17.2 Å². The van der Waals surface area contributed by atoms with Crippen LogP contribution in [0.15, 0.2) is 67.0 Å². The van der Waals surface area contributed by atoms with Crippen LogP contribution in [0.25, 0.3) is 0 Å². The number of ether oxygens (including phenoxy) is 3. The Kier molecular flexibility index (Phi) is 8.45. The van der Waals surface area contributed by atoms with Crippen LogP contribution in [-0.4, -0.2) is 82.7 Å². The van der Waals surface area contributed by atoms with Gasteiger partial charge in [-0.1, -0.05) is 24.3 Å². The van der Waals surface area contributed by atoms with E-state index in [9.17, 15) is 9.90 Å². The Hall–Kier alpha value is -3.56. The molecule has 1 saturated heterocycles. The second-order valence-corrected chi connectivity index (χ2v) is 9.08. The molecule has 2 heterocycles. The predicted molar refractivity (Wildman–Crippen MR) is 135 cm³/mol. The summed E-state index contributed by atoms with van der Waals surface area (Å²) in [5, 5.41) is 15.7. The second-order valence-electron chi connectivity index (χ2n) is 9.08. The highest BCUT2D eigenvalue weighted by Gasteiger charge is 2.37. The summed E-state index contributed by atoms with van der Waals surface area (Å²) in [7, 11) is 1.62. The molecule has 0 aliphatic carbocycles. The van der Waals surface area contributed by atoms with E-state index >= 15 is 0 Å². The highest BCUT2D eigenvalue weighted by atomic mass is 16.5. The normalized spacial score (nSPS) is 18.5. The molecule has 0 spiro atoms. The van der Waals surface area contributed by atoms with Gasteiger partial charge in [0.15, 0.2) is 11.5 Å². The van der Waals surface area contributed by atoms with Gasteiger partial charge in [-0.25, -0.2) is 0 Å². The third-order valence-electron chi connectivity index (χ3n) is 6.16. The van der Waals surface area contributed by atoms with Crippen LogP contribution in [0, 0.1) is 0 Å². The molecule has 0 saturated carbocycles. The van der Waals surface area contributed by atoms with Crippen LogP contribution in [0.4, 0.5) is 0 Å². The van der Waals surface area contributed by atoms with Gasteiger partial charge in [-0.3, -0.25) is 14.4 Å². The summed E-state index contributed by atoms with van der Waals surface area (Å²) < 4.78 is 19.2. The van der Waals surface area contributed by atoms with Gasteiger partial charge in [-0.15, -0.1) is 0 Å². The number of rotatable bonds is 10. The number of aromatic nitrogens is 2. The highest BCUT2D eigenvalue weighted by molar-refractivity contribution is 5.73. The Balaban J connectivity index is 1.44. The molecular formula is C27H34N4O5. The first kappa shape index (κ1) is 25.5. The van der Waals surface area contributed by atoms with Crippen LogP contribution < -0.4 is 14.2 Å². The monoisotopic (exact) mass is 494 g/mol. The molecule has 1 aliphatic heterocycles. The largest absolute Gasteiger partial charge is 0.493 e. The van der Waals surface area contributed by atoms with E-state index in [-0.39, 0.29) is 19.1 Å². The number of nitrogens with zero attached hydrogens (tertiary/aromatic N) is 4. The number of hydrogen-bond acceptors (Lipinski definition) is 7. The molecule has 9 nitrogen and oxygen atoms in total. The van der Waals surface area contributed by atoms with Crippen molar-refractivity contribution in [1.29, 1.82) is 0 Å². The van der Waals surface area contributed by atoms with Crippen LogP contribution >= 0.6 is 0 Å². The number of methoxy groups -OCH3 is 1. The van der Waals surface area contributed by atoms with Gasteiger partial charge in [0.05, 0.1) is 20.2 Å². The van der Waals surface area contributed by atoms with E-state index in [1.54, 1.807) is 18.2 Å². The highest BCUT2D eigenvalue weighted by Crippen LogP contribution is 2.29. The summed E-state index contributed by atoms with van der Waals surface area (Å²) in [6.07, 6.45) is 3.63. The van der Waals surface area contributed by atoms with Gasteiger partial charge in [0, 0.05) is 45.5 Å². The maximum absolute atomic E-state index is 12.2. The summed E-state index contributed by atoms with van der Waals surface area (Å²) >= 11 is 0. The summed E-state index contributed by atoms with van der Waals surface area (Å²) in [6, 6.07) is 17.1. The number of amides is 1. The van der Waals surface area contributed by atoms with Gasteiger partial charge in [0.25, 0.3) is 0 Å². The molecule has 4 rings (SSSR count). The van der Waals surface area contributed by atoms with E-state index in [1.165, 1.54) is 6.92 Å². The molecular weight excluding hydrogens is 460 g/mol. The molecule has 0 bridgehead atoms. The van der Waals surface area contributed by atoms with Gasteiger partial charge in [-0.2, -0.15) is 5.10 Å². The summed E-state index contributed by atoms with van der Waals surface area (Å²) in [4.78, 5) is 16.0. The minimum absolute atomic E-state index is 0.0627. The molecule has 1 amide bonds. The molecule has 1 atom stereocenters. The summed E-state index contributed by atoms with van der Waals surface area (Å²) in [6.45, 7) is 5.03. The quantitative estimate of drug-likeness (QED) is 0.463. The zero-order chi connectivity index (χ0) is 25.4. The molecule has 1 fully saturated rings. The fraction of sp³-hybridized carbons (Fsp3) is 0.407. The van der Waals surface area contributed by atoms with Gasteiger partial charge < -0.3 is 24.2 Å². The number of aliphatic hydroxyl groups is 1. The lowest BCUT2D eigenvalue weighted by Gasteiger charge is -2.32. The van der Waals surface area contributed by atoms with Crippen molar-refractivity contribution >= 4 is 5.91 Å². The molecule has 36 heavy (non-hydrogen) atoms. The maximum Gasteiger partial charge on any atom is 0.219 e. The number of β-amino-alcohol motifs (C(OH)–C–C–N with tert-alkyl or cyclic N) is 1. The van der Waals surface area contributed by atoms with Gasteiger partial charge in [-0.05, 0) is 35.9 Å². The topological polar surface area (TPSA) is 89.3 Å². The number of carbonyl (C=O) groups is 1. The molecule has 192 valence electrons. The SMILES string of the molecule is COc1ccc(CN2CCN(C(C)=O)C[C@@](O)(COc3ccccc3)C2)cc1OCCn1cccn1. The van der Waals surface area contributed by atoms with Crippen LogP contribution in [-0.2, 0) is 17.9 Å². The predicted octanol–water partition coefficient (Wildman–Crippen LogP) is 2.44. The number of hydrogen-bond donors (Lipinski definition) is 1. The minimum Gasteiger partial charge on any atom is -0.493 e. The van der Waals surface area contributed by atoms with Gasteiger partial charge >= 0.3 is 0 Å². The Morgan fingerprint density at radius 1 is 1.06 bits per heavy atom. The van der Waals surface area contributed by atoms with E-state index in [0.717, 1.165) is 5.56 Å². The Labute approximate surface area is 211 Å². The van der Waals surface area contributed by atoms with E-state index < -0.39 is 5.60 Å². The van der Waals surface area contributed by atoms with E-state index in [1.807, 2.05) is 65.5 Å². The van der Waals surface area contributed by atoms with E-state index in [2.05, 4.69) is 10.00 Å². The minimum atomic E-state index is -1.21. The van der Waals surface area contributed by atoms with Crippen molar-refractivity contribution in [2.75, 3.05) is 46.5 Å². The third-order valence-corrected chi connectivity index (χ3v) is 6.16. The molecule has 9 heteroatoms. The molecule has 0 radical (unpaired) electrons. The molecule has 0 unspecified atom stereocenters. The summed E-state index contributed by atoms with van der Waals surface area (Å²) in [5.41, 5.74) is -0.194. The van der Waals surface area contributed by atoms with Crippen molar-refractivity contribution in [3.8, 4) is 17.2 Å². The average Bonchev–Trinajstić information content (AvgIpc) is 3.33. The van der Waals surface area contributed by atoms with Crippen molar-refractivity contribution in [2.45, 2.75) is 25.6 Å². The second kappa shape index (κ2) is 11.9. The molecule has 1 N–H and O–H groups in total. The third kappa shape index (κ3) is 6.99. The average molecular weight is 495 g/mol. The molecule has 1 aromatic heterocycles. The first-order valence-electron chi connectivity index (χ1n) is 12.1. The van der Waals surface area contributed by atoms with Crippen LogP contribution in [0.3, 0.4) is 0 Å².